The summed E-state index contributed by atoms with van der Waals surface area (Å²) in [4.78, 5) is 40.8. The molecule has 1 atom stereocenters. The zero-order valence-corrected chi connectivity index (χ0v) is 20.2. The third-order valence-corrected chi connectivity index (χ3v) is 6.96. The van der Waals surface area contributed by atoms with Crippen LogP contribution in [-0.4, -0.2) is 57.7 Å². The largest absolute Gasteiger partial charge is 0.478 e. The lowest BCUT2D eigenvalue weighted by molar-refractivity contribution is 0.0697. The van der Waals surface area contributed by atoms with Gasteiger partial charge in [0, 0.05) is 44.3 Å². The van der Waals surface area contributed by atoms with Gasteiger partial charge in [0.1, 0.15) is 5.82 Å². The van der Waals surface area contributed by atoms with Crippen molar-refractivity contribution in [3.8, 4) is 16.9 Å². The fourth-order valence-corrected chi connectivity index (χ4v) is 5.02. The van der Waals surface area contributed by atoms with E-state index in [1.54, 1.807) is 47.4 Å². The normalized spacial score (nSPS) is 16.0. The summed E-state index contributed by atoms with van der Waals surface area (Å²) in [6.45, 7) is 2.35. The molecule has 6 rings (SSSR count). The van der Waals surface area contributed by atoms with Gasteiger partial charge in [-0.3, -0.25) is 19.0 Å². The molecule has 1 N–H and O–H groups in total. The molecule has 10 nitrogen and oxygen atoms in total. The molecule has 1 aliphatic rings. The molecule has 10 heteroatoms. The van der Waals surface area contributed by atoms with Crippen LogP contribution in [0.5, 0.6) is 0 Å². The molecule has 0 spiro atoms. The van der Waals surface area contributed by atoms with Crippen molar-refractivity contribution in [1.29, 1.82) is 0 Å². The Morgan fingerprint density at radius 1 is 1.05 bits per heavy atom. The SMILES string of the molecule is Cn1ccnc1CN1CC[C@H](n2c(=O)n(-c3ccc(-c4ccc(C(=O)O)cc4)nc3)c3cccnc32)C1. The predicted molar refractivity (Wildman–Crippen MR) is 138 cm³/mol. The number of carboxylic acid groups (broad SMARTS) is 1. The minimum absolute atomic E-state index is 0.00593. The number of carbonyl (C=O) groups is 1. The topological polar surface area (TPSA) is 111 Å². The first-order chi connectivity index (χ1) is 18.0. The highest BCUT2D eigenvalue weighted by Crippen LogP contribution is 2.27. The number of hydrogen-bond donors (Lipinski definition) is 1. The number of fused-ring (bicyclic) bond motifs is 1. The summed E-state index contributed by atoms with van der Waals surface area (Å²) in [6, 6.07) is 14.0. The first-order valence-corrected chi connectivity index (χ1v) is 12.1. The van der Waals surface area contributed by atoms with Gasteiger partial charge in [0.2, 0.25) is 0 Å². The second-order valence-electron chi connectivity index (χ2n) is 9.25. The molecule has 0 saturated carbocycles. The van der Waals surface area contributed by atoms with Gasteiger partial charge >= 0.3 is 11.7 Å². The van der Waals surface area contributed by atoms with Crippen LogP contribution in [0, 0.1) is 0 Å². The number of carboxylic acids is 1. The van der Waals surface area contributed by atoms with Crippen LogP contribution in [-0.2, 0) is 13.6 Å². The maximum Gasteiger partial charge on any atom is 0.335 e. The van der Waals surface area contributed by atoms with Gasteiger partial charge in [-0.2, -0.15) is 0 Å². The van der Waals surface area contributed by atoms with Crippen molar-refractivity contribution < 1.29 is 9.90 Å². The number of hydrogen-bond acceptors (Lipinski definition) is 6. The second-order valence-corrected chi connectivity index (χ2v) is 9.25. The lowest BCUT2D eigenvalue weighted by Crippen LogP contribution is -2.29. The Morgan fingerprint density at radius 2 is 1.89 bits per heavy atom. The smallest absolute Gasteiger partial charge is 0.335 e. The molecule has 0 radical (unpaired) electrons. The number of likely N-dealkylation sites (tertiary alicyclic amines) is 1. The highest BCUT2D eigenvalue weighted by Gasteiger charge is 2.29. The third kappa shape index (κ3) is 4.11. The van der Waals surface area contributed by atoms with Gasteiger partial charge in [0.05, 0.1) is 41.2 Å². The standard InChI is InChI=1S/C27H25N7O3/c1-31-14-12-28-24(31)17-32-13-10-21(16-32)34-25-23(3-2-11-29-25)33(27(34)37)20-8-9-22(30-15-20)18-4-6-19(7-5-18)26(35)36/h2-9,11-12,14-15,21H,10,13,16-17H2,1H3,(H,35,36)/t21-/m0/s1. The van der Waals surface area contributed by atoms with Crippen LogP contribution in [0.1, 0.15) is 28.6 Å². The summed E-state index contributed by atoms with van der Waals surface area (Å²) in [5.74, 6) is 0.0264. The molecule has 37 heavy (non-hydrogen) atoms. The Labute approximate surface area is 212 Å². The Hall–Kier alpha value is -4.57. The van der Waals surface area contributed by atoms with Gasteiger partial charge in [0.15, 0.2) is 5.65 Å². The van der Waals surface area contributed by atoms with Crippen LogP contribution >= 0.6 is 0 Å². The second kappa shape index (κ2) is 9.14. The van der Waals surface area contributed by atoms with Crippen LogP contribution in [0.15, 0.2) is 78.1 Å². The quantitative estimate of drug-likeness (QED) is 0.385. The van der Waals surface area contributed by atoms with Crippen molar-refractivity contribution in [2.75, 3.05) is 13.1 Å². The fraction of sp³-hybridized carbons (Fsp3) is 0.222. The van der Waals surface area contributed by atoms with Crippen LogP contribution in [0.2, 0.25) is 0 Å². The highest BCUT2D eigenvalue weighted by atomic mass is 16.4. The molecular weight excluding hydrogens is 470 g/mol. The minimum Gasteiger partial charge on any atom is -0.478 e. The van der Waals surface area contributed by atoms with Gasteiger partial charge in [-0.05, 0) is 42.8 Å². The summed E-state index contributed by atoms with van der Waals surface area (Å²) in [5, 5.41) is 9.12. The number of pyridine rings is 2. The Morgan fingerprint density at radius 3 is 2.59 bits per heavy atom. The number of aromatic nitrogens is 6. The van der Waals surface area contributed by atoms with Gasteiger partial charge in [-0.15, -0.1) is 0 Å². The van der Waals surface area contributed by atoms with Gasteiger partial charge < -0.3 is 9.67 Å². The van der Waals surface area contributed by atoms with E-state index in [-0.39, 0.29) is 17.3 Å². The van der Waals surface area contributed by atoms with E-state index in [1.165, 1.54) is 0 Å². The minimum atomic E-state index is -0.971. The van der Waals surface area contributed by atoms with Crippen molar-refractivity contribution >= 4 is 17.1 Å². The molecule has 5 aromatic rings. The van der Waals surface area contributed by atoms with Crippen molar-refractivity contribution in [1.82, 2.24) is 33.6 Å². The van der Waals surface area contributed by atoms with Crippen LogP contribution < -0.4 is 5.69 Å². The number of nitrogens with zero attached hydrogens (tertiary/aromatic N) is 7. The number of benzene rings is 1. The molecular formula is C27H25N7O3. The molecule has 0 amide bonds. The lowest BCUT2D eigenvalue weighted by atomic mass is 10.1. The average Bonchev–Trinajstić information content (AvgIpc) is 3.61. The molecule has 1 saturated heterocycles. The van der Waals surface area contributed by atoms with E-state index >= 15 is 0 Å². The van der Waals surface area contributed by atoms with Crippen molar-refractivity contribution in [3.63, 3.8) is 0 Å². The molecule has 0 aliphatic carbocycles. The molecule has 5 heterocycles. The predicted octanol–water partition coefficient (Wildman–Crippen LogP) is 3.13. The molecule has 1 aliphatic heterocycles. The number of rotatable bonds is 6. The van der Waals surface area contributed by atoms with Crippen LogP contribution in [0.4, 0.5) is 0 Å². The zero-order valence-electron chi connectivity index (χ0n) is 20.2. The Kier molecular flexibility index (Phi) is 5.65. The van der Waals surface area contributed by atoms with Crippen molar-refractivity contribution in [2.24, 2.45) is 7.05 Å². The summed E-state index contributed by atoms with van der Waals surface area (Å²) >= 11 is 0. The monoisotopic (exact) mass is 495 g/mol. The Balaban J connectivity index is 1.32. The molecule has 186 valence electrons. The third-order valence-electron chi connectivity index (χ3n) is 6.96. The van der Waals surface area contributed by atoms with Crippen LogP contribution in [0.25, 0.3) is 28.1 Å². The summed E-state index contributed by atoms with van der Waals surface area (Å²) in [5.41, 5.74) is 3.61. The number of aryl methyl sites for hydroxylation is 1. The van der Waals surface area contributed by atoms with Crippen molar-refractivity contribution in [2.45, 2.75) is 19.0 Å². The number of aromatic carboxylic acids is 1. The number of imidazole rings is 2. The maximum atomic E-state index is 13.8. The first kappa shape index (κ1) is 22.9. The maximum absolute atomic E-state index is 13.8. The molecule has 1 fully saturated rings. The molecule has 4 aromatic heterocycles. The van der Waals surface area contributed by atoms with Crippen molar-refractivity contribution in [3.05, 3.63) is 95.2 Å². The zero-order chi connectivity index (χ0) is 25.5. The van der Waals surface area contributed by atoms with E-state index in [4.69, 9.17) is 5.11 Å². The van der Waals surface area contributed by atoms with E-state index in [9.17, 15) is 9.59 Å². The first-order valence-electron chi connectivity index (χ1n) is 12.1. The summed E-state index contributed by atoms with van der Waals surface area (Å²) in [6.07, 6.45) is 7.97. The average molecular weight is 496 g/mol. The van der Waals surface area contributed by atoms with Gasteiger partial charge in [-0.25, -0.2) is 19.6 Å². The highest BCUT2D eigenvalue weighted by molar-refractivity contribution is 5.88. The van der Waals surface area contributed by atoms with Gasteiger partial charge in [0.25, 0.3) is 0 Å². The molecule has 0 unspecified atom stereocenters. The van der Waals surface area contributed by atoms with E-state index in [0.29, 0.717) is 17.0 Å². The summed E-state index contributed by atoms with van der Waals surface area (Å²) in [7, 11) is 1.99. The van der Waals surface area contributed by atoms with E-state index < -0.39 is 5.97 Å². The summed E-state index contributed by atoms with van der Waals surface area (Å²) < 4.78 is 5.49. The lowest BCUT2D eigenvalue weighted by Gasteiger charge is -2.16. The van der Waals surface area contributed by atoms with Gasteiger partial charge in [-0.1, -0.05) is 12.1 Å². The van der Waals surface area contributed by atoms with E-state index in [0.717, 1.165) is 43.0 Å². The fourth-order valence-electron chi connectivity index (χ4n) is 5.02. The van der Waals surface area contributed by atoms with E-state index in [2.05, 4.69) is 19.9 Å². The Bertz CT molecular complexity index is 1650. The molecule has 1 aromatic carbocycles. The molecule has 0 bridgehead atoms. The van der Waals surface area contributed by atoms with Crippen LogP contribution in [0.3, 0.4) is 0 Å². The van der Waals surface area contributed by atoms with E-state index in [1.807, 2.05) is 46.6 Å².